The normalized spacial score (nSPS) is 18.7. The van der Waals surface area contributed by atoms with Crippen molar-refractivity contribution in [2.24, 2.45) is 0 Å². The molecule has 1 unspecified atom stereocenters. The van der Waals surface area contributed by atoms with E-state index in [1.807, 2.05) is 7.05 Å². The average Bonchev–Trinajstić information content (AvgIpc) is 2.93. The van der Waals surface area contributed by atoms with Crippen LogP contribution in [0.15, 0.2) is 10.9 Å². The molecule has 0 amide bonds. The van der Waals surface area contributed by atoms with Crippen LogP contribution in [0.4, 0.5) is 5.13 Å². The van der Waals surface area contributed by atoms with Crippen molar-refractivity contribution in [2.45, 2.75) is 45.1 Å². The van der Waals surface area contributed by atoms with E-state index in [-0.39, 0.29) is 11.7 Å². The van der Waals surface area contributed by atoms with Crippen LogP contribution >= 0.6 is 11.3 Å². The molecule has 0 N–H and O–H groups in total. The molecule has 0 spiro atoms. The number of nitrogens with zero attached hydrogens (tertiary/aromatic N) is 4. The highest BCUT2D eigenvalue weighted by Gasteiger charge is 2.19. The molecule has 0 aromatic carbocycles. The van der Waals surface area contributed by atoms with Crippen LogP contribution in [-0.4, -0.2) is 40.9 Å². The minimum atomic E-state index is -0.0988. The van der Waals surface area contributed by atoms with Crippen molar-refractivity contribution in [3.05, 3.63) is 22.1 Å². The smallest absolute Gasteiger partial charge is 0.275 e. The molecule has 120 valence electrons. The predicted molar refractivity (Wildman–Crippen MR) is 88.0 cm³/mol. The lowest BCUT2D eigenvalue weighted by atomic mass is 10.1. The van der Waals surface area contributed by atoms with Crippen LogP contribution < -0.4 is 10.5 Å². The highest BCUT2D eigenvalue weighted by Crippen LogP contribution is 2.22. The summed E-state index contributed by atoms with van der Waals surface area (Å²) in [4.78, 5) is 19.4. The van der Waals surface area contributed by atoms with Gasteiger partial charge in [0.25, 0.3) is 5.56 Å². The Balaban J connectivity index is 1.81. The summed E-state index contributed by atoms with van der Waals surface area (Å²) in [6.07, 6.45) is 5.53. The van der Waals surface area contributed by atoms with Gasteiger partial charge in [-0.05, 0) is 25.7 Å². The Bertz CT molecular complexity index is 690. The maximum atomic E-state index is 12.1. The minimum absolute atomic E-state index is 0.0988. The van der Waals surface area contributed by atoms with E-state index in [4.69, 9.17) is 4.74 Å². The maximum Gasteiger partial charge on any atom is 0.275 e. The second-order valence-corrected chi connectivity index (χ2v) is 6.72. The Labute approximate surface area is 133 Å². The number of hydrogen-bond donors (Lipinski definition) is 0. The molecule has 1 atom stereocenters. The van der Waals surface area contributed by atoms with Gasteiger partial charge in [-0.25, -0.2) is 4.98 Å². The number of aryl methyl sites for hydroxylation is 1. The molecule has 1 saturated heterocycles. The summed E-state index contributed by atoms with van der Waals surface area (Å²) in [5.41, 5.74) is 0.749. The first-order chi connectivity index (χ1) is 10.7. The molecular weight excluding hydrogens is 300 g/mol. The van der Waals surface area contributed by atoms with Gasteiger partial charge in [0.1, 0.15) is 0 Å². The summed E-state index contributed by atoms with van der Waals surface area (Å²) in [7, 11) is 1.99. The van der Waals surface area contributed by atoms with Crippen molar-refractivity contribution < 1.29 is 4.74 Å². The lowest BCUT2D eigenvalue weighted by molar-refractivity contribution is 0.0216. The zero-order valence-electron chi connectivity index (χ0n) is 13.1. The van der Waals surface area contributed by atoms with Crippen LogP contribution in [0, 0.1) is 0 Å². The molecule has 0 saturated carbocycles. The fourth-order valence-corrected chi connectivity index (χ4v) is 3.62. The van der Waals surface area contributed by atoms with Crippen LogP contribution in [0.3, 0.4) is 0 Å². The Morgan fingerprint density at radius 1 is 1.50 bits per heavy atom. The molecule has 3 rings (SSSR count). The number of aromatic nitrogens is 3. The highest BCUT2D eigenvalue weighted by atomic mass is 32.1. The van der Waals surface area contributed by atoms with E-state index in [0.29, 0.717) is 4.96 Å². The van der Waals surface area contributed by atoms with Crippen molar-refractivity contribution in [3.63, 3.8) is 0 Å². The first-order valence-corrected chi connectivity index (χ1v) is 8.71. The van der Waals surface area contributed by atoms with Gasteiger partial charge in [-0.2, -0.15) is 4.52 Å². The summed E-state index contributed by atoms with van der Waals surface area (Å²) >= 11 is 1.46. The number of fused-ring (bicyclic) bond motifs is 1. The van der Waals surface area contributed by atoms with Gasteiger partial charge in [0, 0.05) is 32.0 Å². The number of likely N-dealkylation sites (N-methyl/N-ethyl adjacent to an activating group) is 1. The van der Waals surface area contributed by atoms with Crippen LogP contribution in [0.5, 0.6) is 0 Å². The van der Waals surface area contributed by atoms with E-state index in [2.05, 4.69) is 21.9 Å². The van der Waals surface area contributed by atoms with Crippen molar-refractivity contribution >= 4 is 21.4 Å². The maximum absolute atomic E-state index is 12.1. The standard InChI is InChI=1S/C15H22N4O2S/c1-3-6-11-9-13(20)19-14(16-11)22-15(17-19)18(2)10-12-7-4-5-8-21-12/h9,12H,3-8,10H2,1-2H3. The third-order valence-electron chi connectivity index (χ3n) is 3.87. The van der Waals surface area contributed by atoms with Crippen molar-refractivity contribution in [1.29, 1.82) is 0 Å². The first-order valence-electron chi connectivity index (χ1n) is 7.90. The van der Waals surface area contributed by atoms with Gasteiger partial charge in [-0.15, -0.1) is 5.10 Å². The van der Waals surface area contributed by atoms with Gasteiger partial charge < -0.3 is 9.64 Å². The monoisotopic (exact) mass is 322 g/mol. The van der Waals surface area contributed by atoms with Crippen molar-refractivity contribution in [3.8, 4) is 0 Å². The van der Waals surface area contributed by atoms with Crippen molar-refractivity contribution in [2.75, 3.05) is 25.1 Å². The van der Waals surface area contributed by atoms with Gasteiger partial charge in [-0.1, -0.05) is 24.7 Å². The third-order valence-corrected chi connectivity index (χ3v) is 4.89. The van der Waals surface area contributed by atoms with Gasteiger partial charge >= 0.3 is 0 Å². The largest absolute Gasteiger partial charge is 0.376 e. The molecule has 0 aliphatic carbocycles. The summed E-state index contributed by atoms with van der Waals surface area (Å²) in [6, 6.07) is 1.59. The molecule has 1 aliphatic rings. The van der Waals surface area contributed by atoms with Gasteiger partial charge in [0.05, 0.1) is 6.10 Å². The molecule has 1 aliphatic heterocycles. The Hall–Kier alpha value is -1.47. The average molecular weight is 322 g/mol. The predicted octanol–water partition coefficient (Wildman–Crippen LogP) is 2.11. The van der Waals surface area contributed by atoms with Crippen LogP contribution in [0.1, 0.15) is 38.3 Å². The van der Waals surface area contributed by atoms with E-state index < -0.39 is 0 Å². The second kappa shape index (κ2) is 6.75. The van der Waals surface area contributed by atoms with Gasteiger partial charge in [0.15, 0.2) is 0 Å². The summed E-state index contributed by atoms with van der Waals surface area (Å²) < 4.78 is 7.17. The Morgan fingerprint density at radius 2 is 2.36 bits per heavy atom. The molecule has 6 nitrogen and oxygen atoms in total. The number of rotatable bonds is 5. The SMILES string of the molecule is CCCc1cc(=O)n2nc(N(C)CC3CCCCO3)sc2n1. The quantitative estimate of drug-likeness (QED) is 0.844. The van der Waals surface area contributed by atoms with E-state index in [1.54, 1.807) is 6.07 Å². The minimum Gasteiger partial charge on any atom is -0.376 e. The second-order valence-electron chi connectivity index (χ2n) is 5.78. The lowest BCUT2D eigenvalue weighted by Gasteiger charge is -2.26. The zero-order chi connectivity index (χ0) is 15.5. The Morgan fingerprint density at radius 3 is 3.09 bits per heavy atom. The molecule has 2 aromatic rings. The summed E-state index contributed by atoms with van der Waals surface area (Å²) in [5, 5.41) is 5.22. The number of hydrogen-bond acceptors (Lipinski definition) is 6. The number of ether oxygens (including phenoxy) is 1. The molecule has 3 heterocycles. The van der Waals surface area contributed by atoms with E-state index in [9.17, 15) is 4.79 Å². The lowest BCUT2D eigenvalue weighted by Crippen LogP contribution is -2.33. The molecule has 22 heavy (non-hydrogen) atoms. The van der Waals surface area contributed by atoms with E-state index in [1.165, 1.54) is 22.3 Å². The van der Waals surface area contributed by atoms with E-state index >= 15 is 0 Å². The molecule has 0 radical (unpaired) electrons. The summed E-state index contributed by atoms with van der Waals surface area (Å²) in [5.74, 6) is 0. The molecular formula is C15H22N4O2S. The first kappa shape index (κ1) is 15.4. The molecule has 1 fully saturated rings. The van der Waals surface area contributed by atoms with Crippen molar-refractivity contribution in [1.82, 2.24) is 14.6 Å². The molecule has 2 aromatic heterocycles. The van der Waals surface area contributed by atoms with Crippen LogP contribution in [0.25, 0.3) is 4.96 Å². The molecule has 0 bridgehead atoms. The molecule has 7 heteroatoms. The van der Waals surface area contributed by atoms with Gasteiger partial charge in [0.2, 0.25) is 10.1 Å². The zero-order valence-corrected chi connectivity index (χ0v) is 13.9. The summed E-state index contributed by atoms with van der Waals surface area (Å²) in [6.45, 7) is 3.73. The topological polar surface area (TPSA) is 59.7 Å². The van der Waals surface area contributed by atoms with Gasteiger partial charge in [-0.3, -0.25) is 4.79 Å². The Kier molecular flexibility index (Phi) is 4.73. The fraction of sp³-hybridized carbons (Fsp3) is 0.667. The van der Waals surface area contributed by atoms with Crippen LogP contribution in [0.2, 0.25) is 0 Å². The van der Waals surface area contributed by atoms with E-state index in [0.717, 1.165) is 49.7 Å². The third kappa shape index (κ3) is 3.30. The highest BCUT2D eigenvalue weighted by molar-refractivity contribution is 7.20. The van der Waals surface area contributed by atoms with Crippen LogP contribution in [-0.2, 0) is 11.2 Å². The fourth-order valence-electron chi connectivity index (χ4n) is 2.72. The number of anilines is 1.